The average molecular weight is 291 g/mol. The monoisotopic (exact) mass is 290 g/mol. The van der Waals surface area contributed by atoms with Crippen LogP contribution in [0.1, 0.15) is 6.92 Å². The first-order valence-corrected chi connectivity index (χ1v) is 8.39. The highest BCUT2D eigenvalue weighted by Crippen LogP contribution is 2.60. The van der Waals surface area contributed by atoms with Gasteiger partial charge in [0.2, 0.25) is 0 Å². The average Bonchev–Trinajstić information content (AvgIpc) is 2.30. The lowest BCUT2D eigenvalue weighted by Crippen LogP contribution is -1.96. The van der Waals surface area contributed by atoms with Crippen LogP contribution in [0.5, 0.6) is 5.75 Å². The Kier molecular flexibility index (Phi) is 5.94. The molecule has 1 aromatic carbocycles. The number of rotatable bonds is 6. The second-order valence-corrected chi connectivity index (χ2v) is 7.27. The normalized spacial score (nSPS) is 13.7. The highest BCUT2D eigenvalue weighted by molar-refractivity contribution is 8.55. The quantitative estimate of drug-likeness (QED) is 0.580. The summed E-state index contributed by atoms with van der Waals surface area (Å²) in [4.78, 5) is 0. The molecular formula is C11H12ClO3PS. The maximum atomic E-state index is 12.3. The lowest BCUT2D eigenvalue weighted by molar-refractivity contribution is 0.296. The van der Waals surface area contributed by atoms with Crippen molar-refractivity contribution in [3.63, 3.8) is 0 Å². The van der Waals surface area contributed by atoms with Crippen LogP contribution >= 0.6 is 29.8 Å². The predicted octanol–water partition coefficient (Wildman–Crippen LogP) is 4.23. The summed E-state index contributed by atoms with van der Waals surface area (Å²) in [5.74, 6) is 2.96. The van der Waals surface area contributed by atoms with Crippen LogP contribution in [0.4, 0.5) is 0 Å². The summed E-state index contributed by atoms with van der Waals surface area (Å²) >= 11 is 6.88. The van der Waals surface area contributed by atoms with Gasteiger partial charge in [-0.2, -0.15) is 0 Å². The Morgan fingerprint density at radius 3 is 2.82 bits per heavy atom. The van der Waals surface area contributed by atoms with E-state index in [-0.39, 0.29) is 12.4 Å². The first-order chi connectivity index (χ1) is 8.11. The summed E-state index contributed by atoms with van der Waals surface area (Å²) < 4.78 is 22.7. The molecular weight excluding hydrogens is 279 g/mol. The van der Waals surface area contributed by atoms with Crippen LogP contribution in [0.2, 0.25) is 5.02 Å². The third-order valence-electron chi connectivity index (χ3n) is 1.64. The number of para-hydroxylation sites is 1. The molecule has 0 aliphatic rings. The van der Waals surface area contributed by atoms with E-state index < -0.39 is 6.80 Å². The number of benzene rings is 1. The molecule has 1 rings (SSSR count). The van der Waals surface area contributed by atoms with Gasteiger partial charge in [0.15, 0.2) is 0 Å². The van der Waals surface area contributed by atoms with Gasteiger partial charge in [-0.1, -0.05) is 29.7 Å². The van der Waals surface area contributed by atoms with Gasteiger partial charge in [-0.05, 0) is 30.4 Å². The molecule has 17 heavy (non-hydrogen) atoms. The molecule has 3 nitrogen and oxygen atoms in total. The van der Waals surface area contributed by atoms with Gasteiger partial charge < -0.3 is 4.52 Å². The molecule has 1 aromatic rings. The van der Waals surface area contributed by atoms with Crippen LogP contribution in [-0.2, 0) is 9.09 Å². The second-order valence-electron chi connectivity index (χ2n) is 2.86. The van der Waals surface area contributed by atoms with Crippen molar-refractivity contribution < 1.29 is 13.6 Å². The maximum Gasteiger partial charge on any atom is 0.441 e. The molecule has 6 heteroatoms. The summed E-state index contributed by atoms with van der Waals surface area (Å²) in [7, 11) is 0. The van der Waals surface area contributed by atoms with E-state index in [9.17, 15) is 4.57 Å². The van der Waals surface area contributed by atoms with Gasteiger partial charge in [0, 0.05) is 0 Å². The third kappa shape index (κ3) is 4.65. The Labute approximate surface area is 110 Å². The van der Waals surface area contributed by atoms with Crippen LogP contribution in [0, 0.1) is 12.3 Å². The zero-order valence-corrected chi connectivity index (χ0v) is 11.7. The highest BCUT2D eigenvalue weighted by Gasteiger charge is 2.27. The summed E-state index contributed by atoms with van der Waals surface area (Å²) in [5.41, 5.74) is 0. The SMILES string of the molecule is C#CCSP(=O)(OCC)Oc1ccccc1Cl. The van der Waals surface area contributed by atoms with Crippen LogP contribution in [0.3, 0.4) is 0 Å². The molecule has 0 aromatic heterocycles. The van der Waals surface area contributed by atoms with E-state index in [1.165, 1.54) is 0 Å². The van der Waals surface area contributed by atoms with Crippen molar-refractivity contribution in [3.05, 3.63) is 29.3 Å². The van der Waals surface area contributed by atoms with Crippen molar-refractivity contribution >= 4 is 29.8 Å². The van der Waals surface area contributed by atoms with Gasteiger partial charge in [0.1, 0.15) is 5.75 Å². The Morgan fingerprint density at radius 1 is 1.53 bits per heavy atom. The number of halogens is 1. The molecule has 1 atom stereocenters. The minimum atomic E-state index is -3.29. The van der Waals surface area contributed by atoms with Crippen molar-refractivity contribution in [1.29, 1.82) is 0 Å². The molecule has 0 radical (unpaired) electrons. The standard InChI is InChI=1S/C11H12ClO3PS/c1-3-9-17-16(13,14-4-2)15-11-8-6-5-7-10(11)12/h1,5-8H,4,9H2,2H3. The smallest absolute Gasteiger partial charge is 0.415 e. The Balaban J connectivity index is 2.84. The molecule has 0 N–H and O–H groups in total. The van der Waals surface area contributed by atoms with Crippen LogP contribution in [0.15, 0.2) is 24.3 Å². The lowest BCUT2D eigenvalue weighted by Gasteiger charge is -2.17. The molecule has 1 unspecified atom stereocenters. The predicted molar refractivity (Wildman–Crippen MR) is 72.6 cm³/mol. The van der Waals surface area contributed by atoms with Crippen molar-refractivity contribution in [3.8, 4) is 18.1 Å². The Hall–Kier alpha value is -0.590. The minimum Gasteiger partial charge on any atom is -0.415 e. The summed E-state index contributed by atoms with van der Waals surface area (Å²) in [6.45, 7) is -1.28. The fraction of sp³-hybridized carbons (Fsp3) is 0.273. The molecule has 0 heterocycles. The molecule has 92 valence electrons. The van der Waals surface area contributed by atoms with Crippen LogP contribution < -0.4 is 4.52 Å². The molecule has 0 aliphatic carbocycles. The molecule has 0 aliphatic heterocycles. The van der Waals surface area contributed by atoms with Crippen molar-refractivity contribution in [2.75, 3.05) is 12.4 Å². The van der Waals surface area contributed by atoms with Gasteiger partial charge in [0.05, 0.1) is 17.4 Å². The molecule has 0 saturated heterocycles. The number of hydrogen-bond donors (Lipinski definition) is 0. The first kappa shape index (κ1) is 14.5. The van der Waals surface area contributed by atoms with E-state index in [4.69, 9.17) is 27.1 Å². The molecule has 0 spiro atoms. The van der Waals surface area contributed by atoms with Gasteiger partial charge in [-0.15, -0.1) is 6.42 Å². The number of terminal acetylenes is 1. The fourth-order valence-electron chi connectivity index (χ4n) is 1.00. The van der Waals surface area contributed by atoms with E-state index in [2.05, 4.69) is 5.92 Å². The first-order valence-electron chi connectivity index (χ1n) is 4.88. The highest BCUT2D eigenvalue weighted by atomic mass is 35.5. The van der Waals surface area contributed by atoms with E-state index in [1.54, 1.807) is 31.2 Å². The molecule has 0 bridgehead atoms. The van der Waals surface area contributed by atoms with Crippen molar-refractivity contribution in [2.24, 2.45) is 0 Å². The minimum absolute atomic E-state index is 0.252. The van der Waals surface area contributed by atoms with E-state index in [0.29, 0.717) is 10.8 Å². The van der Waals surface area contributed by atoms with Gasteiger partial charge in [0.25, 0.3) is 0 Å². The van der Waals surface area contributed by atoms with Crippen molar-refractivity contribution in [2.45, 2.75) is 6.92 Å². The molecule has 0 saturated carbocycles. The molecule has 0 amide bonds. The van der Waals surface area contributed by atoms with E-state index >= 15 is 0 Å². The fourth-order valence-corrected chi connectivity index (χ4v) is 4.00. The third-order valence-corrected chi connectivity index (χ3v) is 5.43. The topological polar surface area (TPSA) is 35.5 Å². The van der Waals surface area contributed by atoms with E-state index in [0.717, 1.165) is 11.4 Å². The zero-order chi connectivity index (χ0) is 12.7. The number of hydrogen-bond acceptors (Lipinski definition) is 4. The maximum absolute atomic E-state index is 12.3. The molecule has 0 fully saturated rings. The summed E-state index contributed by atoms with van der Waals surface area (Å²) in [6.07, 6.45) is 5.13. The van der Waals surface area contributed by atoms with Crippen LogP contribution in [-0.4, -0.2) is 12.4 Å². The Morgan fingerprint density at radius 2 is 2.24 bits per heavy atom. The largest absolute Gasteiger partial charge is 0.441 e. The summed E-state index contributed by atoms with van der Waals surface area (Å²) in [5, 5.41) is 0.383. The summed E-state index contributed by atoms with van der Waals surface area (Å²) in [6, 6.07) is 6.78. The Bertz CT molecular complexity index is 458. The zero-order valence-electron chi connectivity index (χ0n) is 9.26. The van der Waals surface area contributed by atoms with E-state index in [1.807, 2.05) is 0 Å². The van der Waals surface area contributed by atoms with Crippen molar-refractivity contribution in [1.82, 2.24) is 0 Å². The second kappa shape index (κ2) is 6.98. The van der Waals surface area contributed by atoms with Gasteiger partial charge >= 0.3 is 6.80 Å². The lowest BCUT2D eigenvalue weighted by atomic mass is 10.3. The van der Waals surface area contributed by atoms with Gasteiger partial charge in [-0.3, -0.25) is 4.52 Å². The van der Waals surface area contributed by atoms with Gasteiger partial charge in [-0.25, -0.2) is 4.57 Å². The van der Waals surface area contributed by atoms with Crippen LogP contribution in [0.25, 0.3) is 0 Å².